The summed E-state index contributed by atoms with van der Waals surface area (Å²) in [5.41, 5.74) is 1.30. The molecule has 1 heterocycles. The number of rotatable bonds is 10. The van der Waals surface area contributed by atoms with Crippen LogP contribution in [0.3, 0.4) is 0 Å². The molecule has 0 bridgehead atoms. The molecule has 0 fully saturated rings. The van der Waals surface area contributed by atoms with E-state index in [-0.39, 0.29) is 25.3 Å². The summed E-state index contributed by atoms with van der Waals surface area (Å²) >= 11 is 6.21. The van der Waals surface area contributed by atoms with E-state index in [1.54, 1.807) is 58.2 Å². The van der Waals surface area contributed by atoms with Crippen LogP contribution in [0.1, 0.15) is 43.7 Å². The Labute approximate surface area is 197 Å². The molecule has 0 aliphatic rings. The maximum Gasteiger partial charge on any atom is 0.407 e. The Kier molecular flexibility index (Phi) is 9.59. The summed E-state index contributed by atoms with van der Waals surface area (Å²) in [6.07, 6.45) is 1.36. The van der Waals surface area contributed by atoms with Gasteiger partial charge in [-0.05, 0) is 51.5 Å². The van der Waals surface area contributed by atoms with Gasteiger partial charge in [0.15, 0.2) is 0 Å². The fourth-order valence-corrected chi connectivity index (χ4v) is 2.82. The van der Waals surface area contributed by atoms with Crippen LogP contribution in [0.5, 0.6) is 5.75 Å². The molecule has 1 aromatic heterocycles. The van der Waals surface area contributed by atoms with E-state index in [1.807, 2.05) is 0 Å². The zero-order valence-corrected chi connectivity index (χ0v) is 19.8. The normalized spacial score (nSPS) is 11.6. The molecule has 3 N–H and O–H groups in total. The number of anilines is 1. The number of alkyl carbamates (subject to hydrolysis) is 1. The number of carbonyl (C=O) groups excluding carboxylic acids is 2. The van der Waals surface area contributed by atoms with Gasteiger partial charge in [0.2, 0.25) is 0 Å². The predicted molar refractivity (Wildman–Crippen MR) is 124 cm³/mol. The Balaban J connectivity index is 1.94. The standard InChI is InChI=1S/C23H29ClFN3O5/c1-5-31-21(29)20-18(8-9-26-20)27-12-15-6-7-17(24)19(10-15)32-14-16(11-25)13-28-22(30)33-23(2,3)4/h6-11,26-27H,5,12-14H2,1-4H3,(H,28,30)/b16-11+. The predicted octanol–water partition coefficient (Wildman–Crippen LogP) is 5.21. The molecule has 33 heavy (non-hydrogen) atoms. The van der Waals surface area contributed by atoms with E-state index in [0.29, 0.717) is 35.0 Å². The number of aromatic nitrogens is 1. The van der Waals surface area contributed by atoms with Crippen LogP contribution < -0.4 is 15.4 Å². The summed E-state index contributed by atoms with van der Waals surface area (Å²) in [6, 6.07) is 6.91. The van der Waals surface area contributed by atoms with Crippen molar-refractivity contribution in [1.29, 1.82) is 0 Å². The molecular weight excluding hydrogens is 453 g/mol. The SMILES string of the molecule is CCOC(=O)c1[nH]ccc1NCc1ccc(Cl)c(OC/C(=C/F)CNC(=O)OC(C)(C)C)c1. The molecule has 2 rings (SSSR count). The number of H-pyrrole nitrogens is 1. The number of amides is 1. The number of halogens is 2. The van der Waals surface area contributed by atoms with E-state index >= 15 is 0 Å². The molecule has 0 aliphatic carbocycles. The number of hydrogen-bond acceptors (Lipinski definition) is 6. The van der Waals surface area contributed by atoms with Crippen LogP contribution in [0.15, 0.2) is 42.4 Å². The number of benzene rings is 1. The van der Waals surface area contributed by atoms with Crippen molar-refractivity contribution >= 4 is 29.4 Å². The number of esters is 1. The molecule has 10 heteroatoms. The van der Waals surface area contributed by atoms with Gasteiger partial charge < -0.3 is 29.8 Å². The highest BCUT2D eigenvalue weighted by Crippen LogP contribution is 2.27. The molecule has 1 amide bonds. The lowest BCUT2D eigenvalue weighted by Gasteiger charge is -2.20. The summed E-state index contributed by atoms with van der Waals surface area (Å²) in [6.45, 7) is 7.40. The van der Waals surface area contributed by atoms with Crippen LogP contribution in [0.4, 0.5) is 14.9 Å². The third-order valence-electron chi connectivity index (χ3n) is 4.13. The van der Waals surface area contributed by atoms with Crippen LogP contribution in [-0.2, 0) is 16.0 Å². The second kappa shape index (κ2) is 12.2. The summed E-state index contributed by atoms with van der Waals surface area (Å²) in [5, 5.41) is 5.99. The van der Waals surface area contributed by atoms with Crippen molar-refractivity contribution in [2.45, 2.75) is 39.8 Å². The molecule has 0 unspecified atom stereocenters. The van der Waals surface area contributed by atoms with Gasteiger partial charge in [-0.2, -0.15) is 0 Å². The van der Waals surface area contributed by atoms with E-state index < -0.39 is 17.7 Å². The maximum absolute atomic E-state index is 13.2. The van der Waals surface area contributed by atoms with Gasteiger partial charge in [-0.25, -0.2) is 14.0 Å². The maximum atomic E-state index is 13.2. The first-order valence-corrected chi connectivity index (χ1v) is 10.7. The minimum Gasteiger partial charge on any atom is -0.488 e. The number of hydrogen-bond donors (Lipinski definition) is 3. The molecule has 0 atom stereocenters. The van der Waals surface area contributed by atoms with Crippen LogP contribution in [0, 0.1) is 0 Å². The largest absolute Gasteiger partial charge is 0.488 e. The van der Waals surface area contributed by atoms with Crippen LogP contribution >= 0.6 is 11.6 Å². The summed E-state index contributed by atoms with van der Waals surface area (Å²) < 4.78 is 29.0. The zero-order chi connectivity index (χ0) is 24.4. The fourth-order valence-electron chi connectivity index (χ4n) is 2.65. The number of nitrogens with one attached hydrogen (secondary N) is 3. The summed E-state index contributed by atoms with van der Waals surface area (Å²) in [7, 11) is 0. The molecule has 180 valence electrons. The summed E-state index contributed by atoms with van der Waals surface area (Å²) in [5.74, 6) is -0.0945. The Hall–Kier alpha value is -3.20. The topological polar surface area (TPSA) is 102 Å². The van der Waals surface area contributed by atoms with E-state index in [1.165, 1.54) is 0 Å². The number of ether oxygens (including phenoxy) is 3. The lowest BCUT2D eigenvalue weighted by molar-refractivity contribution is 0.0515. The van der Waals surface area contributed by atoms with Crippen molar-refractivity contribution in [3.63, 3.8) is 0 Å². The monoisotopic (exact) mass is 481 g/mol. The molecular formula is C23H29ClFN3O5. The van der Waals surface area contributed by atoms with Gasteiger partial charge in [-0.15, -0.1) is 0 Å². The van der Waals surface area contributed by atoms with Crippen molar-refractivity contribution < 1.29 is 28.2 Å². The Morgan fingerprint density at radius 3 is 2.67 bits per heavy atom. The van der Waals surface area contributed by atoms with Crippen LogP contribution in [0.25, 0.3) is 0 Å². The molecule has 0 saturated heterocycles. The van der Waals surface area contributed by atoms with E-state index in [4.69, 9.17) is 25.8 Å². The molecule has 1 aromatic carbocycles. The Morgan fingerprint density at radius 1 is 1.24 bits per heavy atom. The van der Waals surface area contributed by atoms with Crippen LogP contribution in [0.2, 0.25) is 5.02 Å². The molecule has 2 aromatic rings. The van der Waals surface area contributed by atoms with Gasteiger partial charge in [0.25, 0.3) is 0 Å². The quantitative estimate of drug-likeness (QED) is 0.402. The van der Waals surface area contributed by atoms with E-state index in [9.17, 15) is 14.0 Å². The molecule has 0 spiro atoms. The first-order chi connectivity index (χ1) is 15.6. The molecule has 8 nitrogen and oxygen atoms in total. The third-order valence-corrected chi connectivity index (χ3v) is 4.44. The van der Waals surface area contributed by atoms with Crippen molar-refractivity contribution in [3.8, 4) is 5.75 Å². The highest BCUT2D eigenvalue weighted by atomic mass is 35.5. The zero-order valence-electron chi connectivity index (χ0n) is 19.1. The average Bonchev–Trinajstić information content (AvgIpc) is 3.21. The highest BCUT2D eigenvalue weighted by molar-refractivity contribution is 6.32. The number of carbonyl (C=O) groups is 2. The highest BCUT2D eigenvalue weighted by Gasteiger charge is 2.17. The second-order valence-corrected chi connectivity index (χ2v) is 8.42. The van der Waals surface area contributed by atoms with Gasteiger partial charge in [-0.3, -0.25) is 0 Å². The second-order valence-electron chi connectivity index (χ2n) is 8.02. The fraction of sp³-hybridized carbons (Fsp3) is 0.391. The number of aromatic amines is 1. The van der Waals surface area contributed by atoms with Crippen molar-refractivity contribution in [2.75, 3.05) is 25.1 Å². The van der Waals surface area contributed by atoms with Gasteiger partial charge in [0.05, 0.1) is 23.6 Å². The molecule has 0 radical (unpaired) electrons. The van der Waals surface area contributed by atoms with Crippen molar-refractivity contribution in [2.24, 2.45) is 0 Å². The Morgan fingerprint density at radius 2 is 2.00 bits per heavy atom. The van der Waals surface area contributed by atoms with Gasteiger partial charge in [-0.1, -0.05) is 17.7 Å². The molecule has 0 saturated carbocycles. The van der Waals surface area contributed by atoms with Gasteiger partial charge in [0, 0.05) is 24.9 Å². The minimum atomic E-state index is -0.653. The lowest BCUT2D eigenvalue weighted by Crippen LogP contribution is -2.34. The van der Waals surface area contributed by atoms with Crippen molar-refractivity contribution in [1.82, 2.24) is 10.3 Å². The first kappa shape index (κ1) is 26.1. The third kappa shape index (κ3) is 8.69. The summed E-state index contributed by atoms with van der Waals surface area (Å²) in [4.78, 5) is 26.6. The Bertz CT molecular complexity index is 985. The van der Waals surface area contributed by atoms with Gasteiger partial charge in [0.1, 0.15) is 23.7 Å². The minimum absolute atomic E-state index is 0.0750. The average molecular weight is 482 g/mol. The van der Waals surface area contributed by atoms with E-state index in [2.05, 4.69) is 15.6 Å². The first-order valence-electron chi connectivity index (χ1n) is 10.4. The smallest absolute Gasteiger partial charge is 0.407 e. The lowest BCUT2D eigenvalue weighted by atomic mass is 10.2. The molecule has 0 aliphatic heterocycles. The van der Waals surface area contributed by atoms with E-state index in [0.717, 1.165) is 5.56 Å². The van der Waals surface area contributed by atoms with Crippen molar-refractivity contribution in [3.05, 3.63) is 58.6 Å². The van der Waals surface area contributed by atoms with Gasteiger partial charge >= 0.3 is 12.1 Å². The van der Waals surface area contributed by atoms with Crippen LogP contribution in [-0.4, -0.2) is 42.4 Å².